The van der Waals surface area contributed by atoms with Gasteiger partial charge in [-0.15, -0.1) is 0 Å². The minimum Gasteiger partial charge on any atom is -0.491 e. The zero-order chi connectivity index (χ0) is 19.9. The van der Waals surface area contributed by atoms with Crippen molar-refractivity contribution in [1.29, 1.82) is 0 Å². The maximum absolute atomic E-state index is 11.8. The minimum absolute atomic E-state index is 0.0691. The van der Waals surface area contributed by atoms with Crippen LogP contribution in [0.15, 0.2) is 24.3 Å². The first kappa shape index (κ1) is 23.0. The van der Waals surface area contributed by atoms with Gasteiger partial charge in [-0.1, -0.05) is 0 Å². The number of hydrogen-bond acceptors (Lipinski definition) is 6. The van der Waals surface area contributed by atoms with Gasteiger partial charge in [0.15, 0.2) is 0 Å². The number of nitrogens with one attached hydrogen (secondary N) is 2. The highest BCUT2D eigenvalue weighted by Gasteiger charge is 2.08. The number of benzene rings is 1. The number of nitrogens with zero attached hydrogens (tertiary/aromatic N) is 1. The highest BCUT2D eigenvalue weighted by Crippen LogP contribution is 2.17. The predicted octanol–water partition coefficient (Wildman–Crippen LogP) is 1.09. The van der Waals surface area contributed by atoms with E-state index in [-0.39, 0.29) is 12.6 Å². The van der Waals surface area contributed by atoms with Crippen LogP contribution in [0.3, 0.4) is 0 Å². The summed E-state index contributed by atoms with van der Waals surface area (Å²) in [6.45, 7) is 7.96. The van der Waals surface area contributed by atoms with E-state index in [0.717, 1.165) is 5.75 Å². The summed E-state index contributed by atoms with van der Waals surface area (Å²) in [6, 6.07) is 7.15. The lowest BCUT2D eigenvalue weighted by Gasteiger charge is -2.19. The molecule has 1 unspecified atom stereocenters. The molecule has 0 aromatic heterocycles. The molecule has 0 fully saturated rings. The Morgan fingerprint density at radius 3 is 2.30 bits per heavy atom. The summed E-state index contributed by atoms with van der Waals surface area (Å²) in [4.78, 5) is 13.5. The molecule has 0 heterocycles. The van der Waals surface area contributed by atoms with E-state index in [4.69, 9.17) is 14.2 Å². The molecule has 1 aromatic carbocycles. The number of urea groups is 1. The van der Waals surface area contributed by atoms with Gasteiger partial charge in [0, 0.05) is 39.8 Å². The van der Waals surface area contributed by atoms with E-state index in [1.54, 1.807) is 24.1 Å². The van der Waals surface area contributed by atoms with Crippen molar-refractivity contribution in [3.63, 3.8) is 0 Å². The molecule has 27 heavy (non-hydrogen) atoms. The molecule has 1 atom stereocenters. The van der Waals surface area contributed by atoms with E-state index < -0.39 is 6.10 Å². The summed E-state index contributed by atoms with van der Waals surface area (Å²) in [5.74, 6) is 1.41. The van der Waals surface area contributed by atoms with Crippen LogP contribution in [0.2, 0.25) is 0 Å². The van der Waals surface area contributed by atoms with Gasteiger partial charge in [0.1, 0.15) is 30.8 Å². The molecule has 0 saturated carbocycles. The van der Waals surface area contributed by atoms with Crippen LogP contribution in [-0.2, 0) is 4.74 Å². The molecule has 0 aliphatic carbocycles. The molecule has 0 bridgehead atoms. The second kappa shape index (κ2) is 14.1. The summed E-state index contributed by atoms with van der Waals surface area (Å²) < 4.78 is 16.0. The third-order valence-corrected chi connectivity index (χ3v) is 3.83. The molecule has 0 aliphatic heterocycles. The Morgan fingerprint density at radius 1 is 1.07 bits per heavy atom. The fraction of sp³-hybridized carbons (Fsp3) is 0.632. The van der Waals surface area contributed by atoms with Gasteiger partial charge in [-0.25, -0.2) is 4.79 Å². The van der Waals surface area contributed by atoms with E-state index in [1.807, 2.05) is 26.0 Å². The number of carbonyl (C=O) groups excluding carboxylic acids is 1. The Balaban J connectivity index is 2.13. The lowest BCUT2D eigenvalue weighted by molar-refractivity contribution is 0.106. The van der Waals surface area contributed by atoms with Gasteiger partial charge in [-0.3, -0.25) is 0 Å². The predicted molar refractivity (Wildman–Crippen MR) is 105 cm³/mol. The first-order chi connectivity index (χ1) is 13.1. The molecular weight excluding hydrogens is 350 g/mol. The lowest BCUT2D eigenvalue weighted by Crippen LogP contribution is -2.43. The minimum atomic E-state index is -0.638. The van der Waals surface area contributed by atoms with Crippen LogP contribution in [0, 0.1) is 0 Å². The topological polar surface area (TPSA) is 92.3 Å². The lowest BCUT2D eigenvalue weighted by atomic mass is 10.3. The zero-order valence-electron chi connectivity index (χ0n) is 16.6. The molecule has 8 heteroatoms. The summed E-state index contributed by atoms with van der Waals surface area (Å²) in [5, 5.41) is 15.9. The molecular formula is C19H33N3O5. The first-order valence-corrected chi connectivity index (χ1v) is 9.36. The zero-order valence-corrected chi connectivity index (χ0v) is 16.6. The number of hydrogen-bond donors (Lipinski definition) is 3. The number of ether oxygens (including phenoxy) is 3. The van der Waals surface area contributed by atoms with Crippen molar-refractivity contribution < 1.29 is 24.1 Å². The molecule has 154 valence electrons. The van der Waals surface area contributed by atoms with E-state index >= 15 is 0 Å². The van der Waals surface area contributed by atoms with Crippen molar-refractivity contribution in [1.82, 2.24) is 15.5 Å². The molecule has 0 saturated heterocycles. The SMILES string of the molecule is CCN(CC)C(=O)NCCNCC(O)COc1ccc(OCCOC)cc1. The van der Waals surface area contributed by atoms with Gasteiger partial charge >= 0.3 is 6.03 Å². The van der Waals surface area contributed by atoms with Crippen LogP contribution in [0.4, 0.5) is 4.79 Å². The molecule has 0 radical (unpaired) electrons. The average Bonchev–Trinajstić information content (AvgIpc) is 2.68. The quantitative estimate of drug-likeness (QED) is 0.417. The van der Waals surface area contributed by atoms with Gasteiger partial charge in [0.2, 0.25) is 0 Å². The number of carbonyl (C=O) groups is 1. The van der Waals surface area contributed by atoms with Crippen molar-refractivity contribution in [2.24, 2.45) is 0 Å². The third kappa shape index (κ3) is 10.0. The second-order valence-electron chi connectivity index (χ2n) is 5.89. The van der Waals surface area contributed by atoms with Gasteiger partial charge < -0.3 is 34.9 Å². The van der Waals surface area contributed by atoms with Crippen LogP contribution >= 0.6 is 0 Å². The van der Waals surface area contributed by atoms with Gasteiger partial charge in [-0.05, 0) is 38.1 Å². The summed E-state index contributed by atoms with van der Waals surface area (Å²) in [6.07, 6.45) is -0.638. The first-order valence-electron chi connectivity index (χ1n) is 9.36. The Bertz CT molecular complexity index is 509. The number of rotatable bonds is 14. The molecule has 8 nitrogen and oxygen atoms in total. The Labute approximate surface area is 161 Å². The highest BCUT2D eigenvalue weighted by atomic mass is 16.5. The van der Waals surface area contributed by atoms with Gasteiger partial charge in [0.25, 0.3) is 0 Å². The largest absolute Gasteiger partial charge is 0.491 e. The monoisotopic (exact) mass is 383 g/mol. The van der Waals surface area contributed by atoms with Crippen molar-refractivity contribution in [2.45, 2.75) is 20.0 Å². The summed E-state index contributed by atoms with van der Waals surface area (Å²) in [5.41, 5.74) is 0. The van der Waals surface area contributed by atoms with Crippen molar-refractivity contribution in [3.05, 3.63) is 24.3 Å². The Morgan fingerprint density at radius 2 is 1.70 bits per heavy atom. The van der Waals surface area contributed by atoms with Crippen molar-refractivity contribution in [2.75, 3.05) is 59.7 Å². The molecule has 2 amide bonds. The molecule has 0 spiro atoms. The van der Waals surface area contributed by atoms with Crippen LogP contribution in [0.1, 0.15) is 13.8 Å². The average molecular weight is 383 g/mol. The van der Waals surface area contributed by atoms with Crippen molar-refractivity contribution in [3.8, 4) is 11.5 Å². The molecule has 1 aromatic rings. The van der Waals surface area contributed by atoms with Crippen molar-refractivity contribution >= 4 is 6.03 Å². The maximum Gasteiger partial charge on any atom is 0.317 e. The van der Waals surface area contributed by atoms with E-state index in [2.05, 4.69) is 10.6 Å². The van der Waals surface area contributed by atoms with Crippen LogP contribution < -0.4 is 20.1 Å². The normalized spacial score (nSPS) is 11.7. The standard InChI is InChI=1S/C19H33N3O5/c1-4-22(5-2)19(24)21-11-10-20-14-16(23)15-27-18-8-6-17(7-9-18)26-13-12-25-3/h6-9,16,20,23H,4-5,10-15H2,1-3H3,(H,21,24). The smallest absolute Gasteiger partial charge is 0.317 e. The van der Waals surface area contributed by atoms with Gasteiger partial charge in [-0.2, -0.15) is 0 Å². The van der Waals surface area contributed by atoms with E-state index in [0.29, 0.717) is 51.7 Å². The van der Waals surface area contributed by atoms with Crippen LogP contribution in [0.5, 0.6) is 11.5 Å². The van der Waals surface area contributed by atoms with E-state index in [1.165, 1.54) is 0 Å². The fourth-order valence-corrected chi connectivity index (χ4v) is 2.28. The van der Waals surface area contributed by atoms with Crippen LogP contribution in [-0.4, -0.2) is 81.8 Å². The summed E-state index contributed by atoms with van der Waals surface area (Å²) >= 11 is 0. The molecule has 1 rings (SSSR count). The number of amides is 2. The second-order valence-corrected chi connectivity index (χ2v) is 5.89. The highest BCUT2D eigenvalue weighted by molar-refractivity contribution is 5.74. The van der Waals surface area contributed by atoms with Crippen LogP contribution in [0.25, 0.3) is 0 Å². The third-order valence-electron chi connectivity index (χ3n) is 3.83. The summed E-state index contributed by atoms with van der Waals surface area (Å²) in [7, 11) is 1.63. The molecule has 3 N–H and O–H groups in total. The maximum atomic E-state index is 11.8. The number of methoxy groups -OCH3 is 1. The Kier molecular flexibility index (Phi) is 12.0. The number of aliphatic hydroxyl groups is 1. The molecule has 0 aliphatic rings. The van der Waals surface area contributed by atoms with E-state index in [9.17, 15) is 9.90 Å². The fourth-order valence-electron chi connectivity index (χ4n) is 2.28. The number of aliphatic hydroxyl groups excluding tert-OH is 1. The Hall–Kier alpha value is -2.03. The van der Waals surface area contributed by atoms with Gasteiger partial charge in [0.05, 0.1) is 6.61 Å².